The van der Waals surface area contributed by atoms with E-state index in [0.29, 0.717) is 17.7 Å². The Labute approximate surface area is 173 Å². The lowest BCUT2D eigenvalue weighted by atomic mass is 10.1. The number of nitrogens with zero attached hydrogens (tertiary/aromatic N) is 3. The normalized spacial score (nSPS) is 10.4. The number of benzene rings is 2. The lowest BCUT2D eigenvalue weighted by molar-refractivity contribution is 0.459. The average Bonchev–Trinajstić information content (AvgIpc) is 2.67. The summed E-state index contributed by atoms with van der Waals surface area (Å²) in [5.74, 6) is 0.592. The first-order valence-electron chi connectivity index (χ1n) is 8.08. The molecule has 2 N–H and O–H groups in total. The zero-order valence-corrected chi connectivity index (χ0v) is 16.2. The van der Waals surface area contributed by atoms with Crippen LogP contribution >= 0.6 is 23.2 Å². The number of aromatic hydroxyl groups is 1. The van der Waals surface area contributed by atoms with Crippen LogP contribution < -0.4 is 16.0 Å². The Bertz CT molecular complexity index is 1250. The van der Waals surface area contributed by atoms with Crippen molar-refractivity contribution in [2.45, 2.75) is 6.42 Å². The maximum atomic E-state index is 12.0. The van der Waals surface area contributed by atoms with Crippen LogP contribution in [0.15, 0.2) is 52.6 Å². The smallest absolute Gasteiger partial charge is 0.349 e. The number of nitriles is 1. The zero-order chi connectivity index (χ0) is 21.1. The van der Waals surface area contributed by atoms with Gasteiger partial charge in [0.25, 0.3) is 5.56 Å². The number of H-pyrrole nitrogens is 1. The van der Waals surface area contributed by atoms with Gasteiger partial charge in [-0.2, -0.15) is 9.94 Å². The molecule has 0 unspecified atom stereocenters. The van der Waals surface area contributed by atoms with Gasteiger partial charge in [0.2, 0.25) is 5.69 Å². The first-order chi connectivity index (χ1) is 13.8. The molecule has 0 aliphatic heterocycles. The quantitative estimate of drug-likeness (QED) is 0.598. The lowest BCUT2D eigenvalue weighted by Gasteiger charge is -2.13. The van der Waals surface area contributed by atoms with Gasteiger partial charge in [0.15, 0.2) is 5.75 Å². The van der Waals surface area contributed by atoms with E-state index in [1.165, 1.54) is 24.3 Å². The molecule has 0 bridgehead atoms. The monoisotopic (exact) mass is 430 g/mol. The number of hydrogen-bond acceptors (Lipinski definition) is 6. The average molecular weight is 431 g/mol. The number of hydrogen-bond donors (Lipinski definition) is 2. The highest BCUT2D eigenvalue weighted by atomic mass is 35.5. The predicted molar refractivity (Wildman–Crippen MR) is 107 cm³/mol. The Kier molecular flexibility index (Phi) is 5.73. The minimum atomic E-state index is -0.895. The third kappa shape index (κ3) is 4.16. The summed E-state index contributed by atoms with van der Waals surface area (Å²) in [5, 5.41) is 22.6. The fourth-order valence-corrected chi connectivity index (χ4v) is 3.03. The van der Waals surface area contributed by atoms with Crippen molar-refractivity contribution in [2.75, 3.05) is 0 Å². The molecule has 2 aromatic carbocycles. The molecule has 0 spiro atoms. The standard InChI is InChI=1S/C19H12Cl2N4O4/c1-2-3-10-6-12(4-5-16(10)26)29-17-13(20)7-11(8-14(17)21)25-19(28)23-18(27)15(9-22)24-25/h2,4-8,26H,1,3H2,(H,23,27,28). The van der Waals surface area contributed by atoms with E-state index >= 15 is 0 Å². The molecule has 0 aliphatic carbocycles. The number of phenols is 1. The SMILES string of the molecule is C=CCc1cc(Oc2c(Cl)cc(-n3nc(C#N)c(=O)[nH]c3=O)cc2Cl)ccc1O. The molecule has 0 aliphatic rings. The molecule has 3 rings (SSSR count). The molecule has 3 aromatic rings. The van der Waals surface area contributed by atoms with Crippen molar-refractivity contribution in [3.8, 4) is 29.0 Å². The van der Waals surface area contributed by atoms with Gasteiger partial charge in [-0.15, -0.1) is 11.7 Å². The summed E-state index contributed by atoms with van der Waals surface area (Å²) in [5.41, 5.74) is -1.51. The number of allylic oxidation sites excluding steroid dienone is 1. The summed E-state index contributed by atoms with van der Waals surface area (Å²) in [7, 11) is 0. The topological polar surface area (TPSA) is 121 Å². The first kappa shape index (κ1) is 20.2. The van der Waals surface area contributed by atoms with Gasteiger partial charge in [0.1, 0.15) is 17.6 Å². The highest BCUT2D eigenvalue weighted by molar-refractivity contribution is 6.37. The fourth-order valence-electron chi connectivity index (χ4n) is 2.48. The molecule has 29 heavy (non-hydrogen) atoms. The fraction of sp³-hybridized carbons (Fsp3) is 0.0526. The van der Waals surface area contributed by atoms with Crippen LogP contribution in [0.3, 0.4) is 0 Å². The molecule has 10 heteroatoms. The van der Waals surface area contributed by atoms with Gasteiger partial charge in [-0.05, 0) is 36.8 Å². The Balaban J connectivity index is 2.03. The van der Waals surface area contributed by atoms with E-state index in [-0.39, 0.29) is 27.2 Å². The van der Waals surface area contributed by atoms with Gasteiger partial charge >= 0.3 is 5.69 Å². The van der Waals surface area contributed by atoms with Gasteiger partial charge in [0, 0.05) is 5.56 Å². The van der Waals surface area contributed by atoms with Crippen molar-refractivity contribution in [3.63, 3.8) is 0 Å². The second-order valence-corrected chi connectivity index (χ2v) is 6.57. The van der Waals surface area contributed by atoms with Crippen molar-refractivity contribution >= 4 is 23.2 Å². The number of ether oxygens (including phenoxy) is 1. The summed E-state index contributed by atoms with van der Waals surface area (Å²) in [6.07, 6.45) is 2.07. The van der Waals surface area contributed by atoms with Crippen LogP contribution in [0.5, 0.6) is 17.2 Å². The number of aromatic amines is 1. The number of phenolic OH excluding ortho intramolecular Hbond substituents is 1. The summed E-state index contributed by atoms with van der Waals surface area (Å²) >= 11 is 12.5. The van der Waals surface area contributed by atoms with E-state index in [2.05, 4.69) is 11.7 Å². The van der Waals surface area contributed by atoms with E-state index in [1.54, 1.807) is 18.2 Å². The third-order valence-corrected chi connectivity index (χ3v) is 4.36. The molecule has 0 fully saturated rings. The van der Waals surface area contributed by atoms with Crippen molar-refractivity contribution < 1.29 is 9.84 Å². The summed E-state index contributed by atoms with van der Waals surface area (Å²) in [4.78, 5) is 25.5. The van der Waals surface area contributed by atoms with Gasteiger partial charge in [-0.1, -0.05) is 29.3 Å². The molecule has 8 nitrogen and oxygen atoms in total. The van der Waals surface area contributed by atoms with E-state index in [1.807, 2.05) is 4.98 Å². The molecular weight excluding hydrogens is 419 g/mol. The minimum Gasteiger partial charge on any atom is -0.508 e. The van der Waals surface area contributed by atoms with E-state index < -0.39 is 16.9 Å². The molecule has 0 atom stereocenters. The van der Waals surface area contributed by atoms with Crippen LogP contribution in [0.1, 0.15) is 11.3 Å². The van der Waals surface area contributed by atoms with Crippen LogP contribution in [-0.2, 0) is 6.42 Å². The van der Waals surface area contributed by atoms with Gasteiger partial charge in [0.05, 0.1) is 15.7 Å². The van der Waals surface area contributed by atoms with Crippen LogP contribution in [0, 0.1) is 11.3 Å². The Morgan fingerprint density at radius 2 is 1.97 bits per heavy atom. The van der Waals surface area contributed by atoms with E-state index in [4.69, 9.17) is 33.2 Å². The van der Waals surface area contributed by atoms with Crippen LogP contribution in [0.4, 0.5) is 0 Å². The zero-order valence-electron chi connectivity index (χ0n) is 14.6. The van der Waals surface area contributed by atoms with Gasteiger partial charge < -0.3 is 9.84 Å². The van der Waals surface area contributed by atoms with Crippen molar-refractivity contribution in [1.29, 1.82) is 5.26 Å². The molecule has 146 valence electrons. The number of nitrogens with one attached hydrogen (secondary N) is 1. The van der Waals surface area contributed by atoms with Crippen molar-refractivity contribution in [1.82, 2.24) is 14.8 Å². The second kappa shape index (κ2) is 8.22. The Hall–Kier alpha value is -3.54. The highest BCUT2D eigenvalue weighted by Crippen LogP contribution is 2.38. The molecule has 1 aromatic heterocycles. The molecule has 0 amide bonds. The largest absolute Gasteiger partial charge is 0.508 e. The maximum Gasteiger partial charge on any atom is 0.349 e. The van der Waals surface area contributed by atoms with Gasteiger partial charge in [-0.25, -0.2) is 4.79 Å². The maximum absolute atomic E-state index is 12.0. The minimum absolute atomic E-state index is 0.0595. The van der Waals surface area contributed by atoms with E-state index in [0.717, 1.165) is 4.68 Å². The second-order valence-electron chi connectivity index (χ2n) is 5.76. The van der Waals surface area contributed by atoms with Crippen molar-refractivity contribution in [2.24, 2.45) is 0 Å². The third-order valence-electron chi connectivity index (χ3n) is 3.80. The lowest BCUT2D eigenvalue weighted by Crippen LogP contribution is -2.33. The van der Waals surface area contributed by atoms with Crippen LogP contribution in [0.2, 0.25) is 10.0 Å². The Morgan fingerprint density at radius 1 is 1.28 bits per heavy atom. The predicted octanol–water partition coefficient (Wildman–Crippen LogP) is 3.33. The molecule has 0 saturated carbocycles. The van der Waals surface area contributed by atoms with Crippen LogP contribution in [0.25, 0.3) is 5.69 Å². The molecule has 0 saturated heterocycles. The molecule has 1 heterocycles. The molecule has 0 radical (unpaired) electrons. The van der Waals surface area contributed by atoms with Crippen LogP contribution in [-0.4, -0.2) is 19.9 Å². The van der Waals surface area contributed by atoms with Crippen molar-refractivity contribution in [3.05, 3.63) is 85.1 Å². The van der Waals surface area contributed by atoms with E-state index in [9.17, 15) is 14.7 Å². The number of rotatable bonds is 5. The summed E-state index contributed by atoms with van der Waals surface area (Å²) in [6.45, 7) is 3.63. The number of aromatic nitrogens is 3. The van der Waals surface area contributed by atoms with Gasteiger partial charge in [-0.3, -0.25) is 9.78 Å². The Morgan fingerprint density at radius 3 is 2.59 bits per heavy atom. The molecular formula is C19H12Cl2N4O4. The first-order valence-corrected chi connectivity index (χ1v) is 8.83. The summed E-state index contributed by atoms with van der Waals surface area (Å²) in [6, 6.07) is 8.91. The highest BCUT2D eigenvalue weighted by Gasteiger charge is 2.15. The number of halogens is 2. The summed E-state index contributed by atoms with van der Waals surface area (Å²) < 4.78 is 6.54.